The zero-order valence-electron chi connectivity index (χ0n) is 12.6. The highest BCUT2D eigenvalue weighted by atomic mass is 16.1. The molecule has 0 saturated carbocycles. The molecule has 0 saturated heterocycles. The number of Topliss-reactive ketones (excluding diaryl/α,β-unsaturated/α-hetero) is 1. The van der Waals surface area contributed by atoms with Gasteiger partial charge in [0.15, 0.2) is 0 Å². The van der Waals surface area contributed by atoms with Crippen LogP contribution < -0.4 is 5.32 Å². The molecule has 0 radical (unpaired) electrons. The molecule has 112 valence electrons. The van der Waals surface area contributed by atoms with E-state index in [4.69, 9.17) is 0 Å². The quantitative estimate of drug-likeness (QED) is 0.847. The number of hydrogen-bond donors (Lipinski definition) is 1. The third-order valence-electron chi connectivity index (χ3n) is 3.48. The van der Waals surface area contributed by atoms with E-state index in [-0.39, 0.29) is 11.7 Å². The highest BCUT2D eigenvalue weighted by molar-refractivity contribution is 5.78. The van der Waals surface area contributed by atoms with Crippen LogP contribution in [0.3, 0.4) is 0 Å². The number of benzene rings is 1. The number of rotatable bonds is 7. The maximum Gasteiger partial charge on any atom is 0.220 e. The minimum atomic E-state index is -0.00462. The van der Waals surface area contributed by atoms with Crippen LogP contribution in [0, 0.1) is 0 Å². The second-order valence-electron chi connectivity index (χ2n) is 5.23. The van der Waals surface area contributed by atoms with Crippen LogP contribution >= 0.6 is 0 Å². The molecule has 1 amide bonds. The Kier molecular flexibility index (Phi) is 5.09. The van der Waals surface area contributed by atoms with Gasteiger partial charge in [-0.3, -0.25) is 4.79 Å². The lowest BCUT2D eigenvalue weighted by Gasteiger charge is -2.05. The van der Waals surface area contributed by atoms with E-state index in [1.54, 1.807) is 6.92 Å². The Morgan fingerprint density at radius 1 is 1.24 bits per heavy atom. The molecule has 0 aliphatic heterocycles. The number of imidazole rings is 1. The van der Waals surface area contributed by atoms with Crippen LogP contribution in [0.5, 0.6) is 0 Å². The molecule has 1 N–H and O–H groups in total. The summed E-state index contributed by atoms with van der Waals surface area (Å²) in [6, 6.07) is 7.98. The summed E-state index contributed by atoms with van der Waals surface area (Å²) in [5.41, 5.74) is 2.07. The largest absolute Gasteiger partial charge is 0.356 e. The molecule has 0 aliphatic rings. The predicted octanol–water partition coefficient (Wildman–Crippen LogP) is 1.99. The minimum Gasteiger partial charge on any atom is -0.356 e. The fourth-order valence-corrected chi connectivity index (χ4v) is 2.32. The first-order chi connectivity index (χ1) is 10.1. The molecule has 1 aromatic heterocycles. The summed E-state index contributed by atoms with van der Waals surface area (Å²) in [5, 5.41) is 2.87. The molecule has 0 bridgehead atoms. The molecule has 0 spiro atoms. The molecule has 1 heterocycles. The molecule has 2 aromatic rings. The summed E-state index contributed by atoms with van der Waals surface area (Å²) >= 11 is 0. The molecule has 2 rings (SSSR count). The molecule has 1 aromatic carbocycles. The van der Waals surface area contributed by atoms with Gasteiger partial charge < -0.3 is 14.7 Å². The minimum absolute atomic E-state index is 0.00462. The van der Waals surface area contributed by atoms with Gasteiger partial charge in [0, 0.05) is 32.9 Å². The molecule has 21 heavy (non-hydrogen) atoms. The topological polar surface area (TPSA) is 64.0 Å². The molecule has 0 atom stereocenters. The molecular formula is C16H21N3O2. The highest BCUT2D eigenvalue weighted by Crippen LogP contribution is 2.14. The summed E-state index contributed by atoms with van der Waals surface area (Å²) in [5.74, 6) is 1.08. The first-order valence-electron chi connectivity index (χ1n) is 7.24. The van der Waals surface area contributed by atoms with Gasteiger partial charge in [0.05, 0.1) is 11.0 Å². The molecule has 5 heteroatoms. The van der Waals surface area contributed by atoms with E-state index in [0.717, 1.165) is 16.9 Å². The predicted molar refractivity (Wildman–Crippen MR) is 82.0 cm³/mol. The van der Waals surface area contributed by atoms with E-state index in [1.807, 2.05) is 31.3 Å². The third-order valence-corrected chi connectivity index (χ3v) is 3.48. The van der Waals surface area contributed by atoms with Crippen molar-refractivity contribution in [3.63, 3.8) is 0 Å². The number of aryl methyl sites for hydroxylation is 1. The number of aromatic nitrogens is 2. The smallest absolute Gasteiger partial charge is 0.220 e. The zero-order chi connectivity index (χ0) is 15.2. The Labute approximate surface area is 124 Å². The van der Waals surface area contributed by atoms with E-state index in [1.165, 1.54) is 0 Å². The summed E-state index contributed by atoms with van der Waals surface area (Å²) in [6.07, 6.45) is 2.19. The van der Waals surface area contributed by atoms with Crippen LogP contribution in [-0.2, 0) is 23.1 Å². The molecule has 0 aliphatic carbocycles. The number of hydrogen-bond acceptors (Lipinski definition) is 3. The zero-order valence-corrected chi connectivity index (χ0v) is 12.6. The van der Waals surface area contributed by atoms with Crippen LogP contribution in [0.4, 0.5) is 0 Å². The number of amides is 1. The van der Waals surface area contributed by atoms with Crippen molar-refractivity contribution in [2.24, 2.45) is 7.05 Å². The van der Waals surface area contributed by atoms with Gasteiger partial charge in [0.25, 0.3) is 0 Å². The number of para-hydroxylation sites is 2. The fourth-order valence-electron chi connectivity index (χ4n) is 2.32. The van der Waals surface area contributed by atoms with Gasteiger partial charge in [-0.1, -0.05) is 12.1 Å². The van der Waals surface area contributed by atoms with Gasteiger partial charge in [-0.2, -0.15) is 0 Å². The first kappa shape index (κ1) is 15.2. The van der Waals surface area contributed by atoms with Gasteiger partial charge in [-0.15, -0.1) is 0 Å². The van der Waals surface area contributed by atoms with E-state index in [9.17, 15) is 9.59 Å². The Hall–Kier alpha value is -2.17. The number of ketones is 1. The van der Waals surface area contributed by atoms with Gasteiger partial charge in [-0.25, -0.2) is 4.98 Å². The highest BCUT2D eigenvalue weighted by Gasteiger charge is 2.07. The molecule has 5 nitrogen and oxygen atoms in total. The van der Waals surface area contributed by atoms with Crippen LogP contribution in [0.25, 0.3) is 11.0 Å². The Balaban J connectivity index is 1.81. The van der Waals surface area contributed by atoms with Crippen molar-refractivity contribution in [2.75, 3.05) is 6.54 Å². The van der Waals surface area contributed by atoms with Crippen molar-refractivity contribution in [2.45, 2.75) is 32.6 Å². The average molecular weight is 287 g/mol. The van der Waals surface area contributed by atoms with Gasteiger partial charge >= 0.3 is 0 Å². The fraction of sp³-hybridized carbons (Fsp3) is 0.438. The van der Waals surface area contributed by atoms with E-state index in [0.29, 0.717) is 32.2 Å². The number of carbonyl (C=O) groups excluding carboxylic acids is 2. The molecular weight excluding hydrogens is 266 g/mol. The van der Waals surface area contributed by atoms with Crippen LogP contribution in [0.1, 0.15) is 32.0 Å². The van der Waals surface area contributed by atoms with Crippen molar-refractivity contribution in [1.29, 1.82) is 0 Å². The maximum atomic E-state index is 11.6. The Morgan fingerprint density at radius 2 is 2.00 bits per heavy atom. The Bertz CT molecular complexity index is 646. The number of nitrogens with zero attached hydrogens (tertiary/aromatic N) is 2. The summed E-state index contributed by atoms with van der Waals surface area (Å²) in [7, 11) is 1.99. The lowest BCUT2D eigenvalue weighted by Crippen LogP contribution is -2.26. The lowest BCUT2D eigenvalue weighted by molar-refractivity contribution is -0.121. The lowest BCUT2D eigenvalue weighted by atomic mass is 10.2. The monoisotopic (exact) mass is 287 g/mol. The van der Waals surface area contributed by atoms with Crippen molar-refractivity contribution >= 4 is 22.7 Å². The van der Waals surface area contributed by atoms with Crippen LogP contribution in [0.15, 0.2) is 24.3 Å². The van der Waals surface area contributed by atoms with Crippen LogP contribution in [0.2, 0.25) is 0 Å². The third kappa shape index (κ3) is 4.15. The molecule has 0 unspecified atom stereocenters. The van der Waals surface area contributed by atoms with Gasteiger partial charge in [0.1, 0.15) is 11.6 Å². The summed E-state index contributed by atoms with van der Waals surface area (Å²) in [4.78, 5) is 27.0. The van der Waals surface area contributed by atoms with Crippen molar-refractivity contribution in [3.8, 4) is 0 Å². The second-order valence-corrected chi connectivity index (χ2v) is 5.23. The normalized spacial score (nSPS) is 10.8. The van der Waals surface area contributed by atoms with Gasteiger partial charge in [0.2, 0.25) is 5.91 Å². The van der Waals surface area contributed by atoms with Crippen molar-refractivity contribution < 1.29 is 9.59 Å². The standard InChI is InChI=1S/C16H21N3O2/c1-12(20)6-5-9-16(21)17-11-10-15-18-13-7-3-4-8-14(13)19(15)2/h3-4,7-8H,5-6,9-11H2,1-2H3,(H,17,21). The SMILES string of the molecule is CC(=O)CCCC(=O)NCCc1nc2ccccc2n1C. The second kappa shape index (κ2) is 7.02. The van der Waals surface area contributed by atoms with E-state index < -0.39 is 0 Å². The molecule has 0 fully saturated rings. The van der Waals surface area contributed by atoms with E-state index in [2.05, 4.69) is 14.9 Å². The average Bonchev–Trinajstić information content (AvgIpc) is 2.76. The summed E-state index contributed by atoms with van der Waals surface area (Å²) in [6.45, 7) is 2.11. The van der Waals surface area contributed by atoms with Crippen LogP contribution in [-0.4, -0.2) is 27.8 Å². The number of nitrogens with one attached hydrogen (secondary N) is 1. The Morgan fingerprint density at radius 3 is 2.71 bits per heavy atom. The number of carbonyl (C=O) groups is 2. The van der Waals surface area contributed by atoms with E-state index >= 15 is 0 Å². The maximum absolute atomic E-state index is 11.6. The van der Waals surface area contributed by atoms with Crippen molar-refractivity contribution in [3.05, 3.63) is 30.1 Å². The number of fused-ring (bicyclic) bond motifs is 1. The van der Waals surface area contributed by atoms with Gasteiger partial charge in [-0.05, 0) is 25.5 Å². The summed E-state index contributed by atoms with van der Waals surface area (Å²) < 4.78 is 2.05. The first-order valence-corrected chi connectivity index (χ1v) is 7.24. The van der Waals surface area contributed by atoms with Crippen molar-refractivity contribution in [1.82, 2.24) is 14.9 Å².